The van der Waals surface area contributed by atoms with Crippen molar-refractivity contribution in [2.24, 2.45) is 11.8 Å². The minimum atomic E-state index is 0.928. The summed E-state index contributed by atoms with van der Waals surface area (Å²) in [5, 5.41) is 2.69. The Balaban J connectivity index is 1.33. The molecule has 0 heterocycles. The Morgan fingerprint density at radius 3 is 2.03 bits per heavy atom. The largest absolute Gasteiger partial charge is 0.103 e. The van der Waals surface area contributed by atoms with Crippen molar-refractivity contribution in [2.75, 3.05) is 0 Å². The van der Waals surface area contributed by atoms with Crippen molar-refractivity contribution in [3.05, 3.63) is 84.4 Å². The lowest BCUT2D eigenvalue weighted by atomic mass is 9.78. The molecule has 1 fully saturated rings. The molecule has 1 aliphatic carbocycles. The van der Waals surface area contributed by atoms with Gasteiger partial charge in [0, 0.05) is 0 Å². The molecule has 3 aromatic carbocycles. The van der Waals surface area contributed by atoms with Crippen LogP contribution in [0.25, 0.3) is 21.9 Å². The van der Waals surface area contributed by atoms with Crippen LogP contribution in [0.2, 0.25) is 0 Å². The summed E-state index contributed by atoms with van der Waals surface area (Å²) in [6, 6.07) is 23.1. The second-order valence-corrected chi connectivity index (χ2v) is 9.63. The van der Waals surface area contributed by atoms with Crippen LogP contribution in [0.15, 0.2) is 73.3 Å². The molecule has 0 aromatic heterocycles. The lowest BCUT2D eigenvalue weighted by Crippen LogP contribution is -2.15. The fourth-order valence-corrected chi connectivity index (χ4v) is 5.32. The summed E-state index contributed by atoms with van der Waals surface area (Å²) < 4.78 is 0. The first-order valence-electron chi connectivity index (χ1n) is 12.5. The SMILES string of the molecule is C=CCCC1CCC(CCc2ccc(-c3ccc4cc(CCC)ccc4c3)cc2)CC1. The maximum Gasteiger partial charge on any atom is -0.0178 e. The van der Waals surface area contributed by atoms with Crippen molar-refractivity contribution in [2.45, 2.75) is 71.1 Å². The summed E-state index contributed by atoms with van der Waals surface area (Å²) in [6.45, 7) is 6.11. The molecular formula is C31H38. The standard InChI is InChI=1S/C31H38/c1-3-5-7-24-8-10-25(11-9-24)12-13-26-14-17-28(18-15-26)30-21-20-29-22-27(6-4-2)16-19-31(29)23-30/h3,14-25H,1,4-13H2,2H3. The highest BCUT2D eigenvalue weighted by molar-refractivity contribution is 5.87. The van der Waals surface area contributed by atoms with Crippen LogP contribution in [0.4, 0.5) is 0 Å². The predicted molar refractivity (Wildman–Crippen MR) is 137 cm³/mol. The maximum atomic E-state index is 3.87. The summed E-state index contributed by atoms with van der Waals surface area (Å²) in [6.07, 6.45) is 15.3. The molecule has 1 saturated carbocycles. The number of rotatable bonds is 9. The van der Waals surface area contributed by atoms with Gasteiger partial charge in [-0.25, -0.2) is 0 Å². The van der Waals surface area contributed by atoms with E-state index in [4.69, 9.17) is 0 Å². The van der Waals surface area contributed by atoms with Crippen molar-refractivity contribution in [1.82, 2.24) is 0 Å². The Labute approximate surface area is 189 Å². The molecule has 162 valence electrons. The molecule has 0 spiro atoms. The van der Waals surface area contributed by atoms with Crippen LogP contribution in [-0.2, 0) is 12.8 Å². The van der Waals surface area contributed by atoms with Gasteiger partial charge in [-0.3, -0.25) is 0 Å². The molecule has 0 radical (unpaired) electrons. The Morgan fingerprint density at radius 1 is 0.710 bits per heavy atom. The van der Waals surface area contributed by atoms with Crippen LogP contribution in [0, 0.1) is 11.8 Å². The van der Waals surface area contributed by atoms with E-state index in [2.05, 4.69) is 80.2 Å². The Bertz CT molecular complexity index is 971. The number of allylic oxidation sites excluding steroid dienone is 1. The van der Waals surface area contributed by atoms with E-state index >= 15 is 0 Å². The Kier molecular flexibility index (Phi) is 7.62. The number of hydrogen-bond acceptors (Lipinski definition) is 0. The Morgan fingerprint density at radius 2 is 1.32 bits per heavy atom. The van der Waals surface area contributed by atoms with Crippen molar-refractivity contribution in [3.63, 3.8) is 0 Å². The molecule has 0 atom stereocenters. The summed E-state index contributed by atoms with van der Waals surface area (Å²) >= 11 is 0. The molecule has 3 aromatic rings. The average molecular weight is 411 g/mol. The summed E-state index contributed by atoms with van der Waals surface area (Å²) in [7, 11) is 0. The third kappa shape index (κ3) is 5.88. The van der Waals surface area contributed by atoms with Crippen LogP contribution in [-0.4, -0.2) is 0 Å². The third-order valence-corrected chi connectivity index (χ3v) is 7.32. The highest BCUT2D eigenvalue weighted by Crippen LogP contribution is 2.34. The number of aryl methyl sites for hydroxylation is 2. The van der Waals surface area contributed by atoms with Crippen molar-refractivity contribution < 1.29 is 0 Å². The second-order valence-electron chi connectivity index (χ2n) is 9.63. The van der Waals surface area contributed by atoms with E-state index in [1.165, 1.54) is 90.8 Å². The number of hydrogen-bond donors (Lipinski definition) is 0. The molecule has 0 saturated heterocycles. The first kappa shape index (κ1) is 21.9. The highest BCUT2D eigenvalue weighted by Gasteiger charge is 2.20. The Hall–Kier alpha value is -2.34. The van der Waals surface area contributed by atoms with E-state index in [9.17, 15) is 0 Å². The summed E-state index contributed by atoms with van der Waals surface area (Å²) in [4.78, 5) is 0. The highest BCUT2D eigenvalue weighted by atomic mass is 14.3. The lowest BCUT2D eigenvalue weighted by molar-refractivity contribution is 0.254. The van der Waals surface area contributed by atoms with Gasteiger partial charge in [-0.05, 0) is 83.0 Å². The van der Waals surface area contributed by atoms with Gasteiger partial charge in [0.25, 0.3) is 0 Å². The molecule has 0 unspecified atom stereocenters. The average Bonchev–Trinajstić information content (AvgIpc) is 2.82. The van der Waals surface area contributed by atoms with E-state index in [0.717, 1.165) is 18.3 Å². The van der Waals surface area contributed by atoms with Gasteiger partial charge >= 0.3 is 0 Å². The van der Waals surface area contributed by atoms with Crippen LogP contribution >= 0.6 is 0 Å². The van der Waals surface area contributed by atoms with Crippen LogP contribution in [0.1, 0.15) is 69.4 Å². The molecule has 0 nitrogen and oxygen atoms in total. The number of benzene rings is 3. The fraction of sp³-hybridized carbons (Fsp3) is 0.419. The number of fused-ring (bicyclic) bond motifs is 1. The first-order valence-corrected chi connectivity index (χ1v) is 12.5. The van der Waals surface area contributed by atoms with Crippen LogP contribution in [0.3, 0.4) is 0 Å². The van der Waals surface area contributed by atoms with Gasteiger partial charge in [0.05, 0.1) is 0 Å². The predicted octanol–water partition coefficient (Wildman–Crippen LogP) is 9.16. The molecule has 1 aliphatic rings. The zero-order chi connectivity index (χ0) is 21.5. The molecule has 4 rings (SSSR count). The van der Waals surface area contributed by atoms with Gasteiger partial charge in [-0.2, -0.15) is 0 Å². The molecule has 0 N–H and O–H groups in total. The fourth-order valence-electron chi connectivity index (χ4n) is 5.32. The van der Waals surface area contributed by atoms with Gasteiger partial charge in [0.1, 0.15) is 0 Å². The smallest absolute Gasteiger partial charge is 0.0178 e. The van der Waals surface area contributed by atoms with E-state index in [-0.39, 0.29) is 0 Å². The van der Waals surface area contributed by atoms with Gasteiger partial charge in [0.2, 0.25) is 0 Å². The van der Waals surface area contributed by atoms with Crippen molar-refractivity contribution >= 4 is 10.8 Å². The van der Waals surface area contributed by atoms with Crippen molar-refractivity contribution in [3.8, 4) is 11.1 Å². The second kappa shape index (κ2) is 10.8. The minimum Gasteiger partial charge on any atom is -0.103 e. The van der Waals surface area contributed by atoms with Gasteiger partial charge in [-0.1, -0.05) is 99.7 Å². The van der Waals surface area contributed by atoms with Crippen LogP contribution in [0.5, 0.6) is 0 Å². The van der Waals surface area contributed by atoms with Crippen molar-refractivity contribution in [1.29, 1.82) is 0 Å². The lowest BCUT2D eigenvalue weighted by Gasteiger charge is -2.28. The third-order valence-electron chi connectivity index (χ3n) is 7.32. The monoisotopic (exact) mass is 410 g/mol. The summed E-state index contributed by atoms with van der Waals surface area (Å²) in [5.74, 6) is 1.88. The van der Waals surface area contributed by atoms with Gasteiger partial charge in [0.15, 0.2) is 0 Å². The zero-order valence-electron chi connectivity index (χ0n) is 19.3. The molecule has 31 heavy (non-hydrogen) atoms. The zero-order valence-corrected chi connectivity index (χ0v) is 19.3. The molecule has 0 aliphatic heterocycles. The van der Waals surface area contributed by atoms with E-state index in [1.54, 1.807) is 0 Å². The topological polar surface area (TPSA) is 0 Å². The molecule has 0 heteroatoms. The first-order chi connectivity index (χ1) is 15.2. The normalized spacial score (nSPS) is 18.9. The summed E-state index contributed by atoms with van der Waals surface area (Å²) in [5.41, 5.74) is 5.58. The molecule has 0 amide bonds. The molecular weight excluding hydrogens is 372 g/mol. The van der Waals surface area contributed by atoms with E-state index in [0.29, 0.717) is 0 Å². The van der Waals surface area contributed by atoms with Gasteiger partial charge in [-0.15, -0.1) is 6.58 Å². The maximum absolute atomic E-state index is 3.87. The quantitative estimate of drug-likeness (QED) is 0.308. The van der Waals surface area contributed by atoms with Gasteiger partial charge < -0.3 is 0 Å². The van der Waals surface area contributed by atoms with E-state index in [1.807, 2.05) is 0 Å². The van der Waals surface area contributed by atoms with Crippen LogP contribution < -0.4 is 0 Å². The minimum absolute atomic E-state index is 0.928. The molecule has 0 bridgehead atoms. The van der Waals surface area contributed by atoms with E-state index < -0.39 is 0 Å².